The zero-order valence-corrected chi connectivity index (χ0v) is 16.7. The molecular formula is C22H22N4OS. The maximum absolute atomic E-state index is 12.8. The Morgan fingerprint density at radius 1 is 1.07 bits per heavy atom. The monoisotopic (exact) mass is 390 g/mol. The zero-order valence-electron chi connectivity index (χ0n) is 15.8. The van der Waals surface area contributed by atoms with Crippen LogP contribution in [0.25, 0.3) is 27.6 Å². The molecule has 2 aromatic heterocycles. The number of benzene rings is 2. The fraction of sp³-hybridized carbons (Fsp3) is 0.318. The van der Waals surface area contributed by atoms with Gasteiger partial charge in [-0.2, -0.15) is 0 Å². The fourth-order valence-corrected chi connectivity index (χ4v) is 4.98. The van der Waals surface area contributed by atoms with Crippen LogP contribution in [0, 0.1) is 0 Å². The maximum atomic E-state index is 12.8. The molecule has 5 rings (SSSR count). The van der Waals surface area contributed by atoms with Crippen molar-refractivity contribution in [2.75, 3.05) is 12.3 Å². The lowest BCUT2D eigenvalue weighted by molar-refractivity contribution is -0.131. The number of para-hydroxylation sites is 3. The van der Waals surface area contributed by atoms with Crippen molar-refractivity contribution >= 4 is 45.3 Å². The van der Waals surface area contributed by atoms with Gasteiger partial charge in [0.25, 0.3) is 0 Å². The molecule has 3 heterocycles. The van der Waals surface area contributed by atoms with Crippen molar-refractivity contribution in [1.29, 1.82) is 0 Å². The zero-order chi connectivity index (χ0) is 19.1. The highest BCUT2D eigenvalue weighted by Gasteiger charge is 2.24. The van der Waals surface area contributed by atoms with Crippen LogP contribution in [-0.2, 0) is 4.79 Å². The van der Waals surface area contributed by atoms with Crippen molar-refractivity contribution in [3.05, 3.63) is 48.5 Å². The van der Waals surface area contributed by atoms with Crippen LogP contribution in [0.5, 0.6) is 0 Å². The van der Waals surface area contributed by atoms with Gasteiger partial charge < -0.3 is 4.90 Å². The van der Waals surface area contributed by atoms with Crippen molar-refractivity contribution in [3.63, 3.8) is 0 Å². The molecule has 5 nitrogen and oxygen atoms in total. The number of hydrogen-bond donors (Lipinski definition) is 0. The number of fused-ring (bicyclic) bond motifs is 5. The second-order valence-electron chi connectivity index (χ2n) is 7.39. The molecule has 0 radical (unpaired) electrons. The van der Waals surface area contributed by atoms with Crippen LogP contribution in [0.15, 0.2) is 53.7 Å². The summed E-state index contributed by atoms with van der Waals surface area (Å²) < 4.78 is 2.09. The number of nitrogens with zero attached hydrogens (tertiary/aromatic N) is 4. The first-order valence-electron chi connectivity index (χ1n) is 9.80. The van der Waals surface area contributed by atoms with Crippen LogP contribution in [0.1, 0.15) is 26.2 Å². The lowest BCUT2D eigenvalue weighted by Crippen LogP contribution is -2.42. The Morgan fingerprint density at radius 3 is 2.71 bits per heavy atom. The number of rotatable bonds is 3. The SMILES string of the molecule is C[C@H]1CCCCN1C(=O)CSc1nc2ccccc2c2nc3ccccc3n12. The third kappa shape index (κ3) is 2.92. The van der Waals surface area contributed by atoms with E-state index in [1.807, 2.05) is 41.3 Å². The summed E-state index contributed by atoms with van der Waals surface area (Å²) in [5, 5.41) is 1.85. The van der Waals surface area contributed by atoms with E-state index in [4.69, 9.17) is 9.97 Å². The molecule has 6 heteroatoms. The topological polar surface area (TPSA) is 50.5 Å². The standard InChI is InChI=1S/C22H22N4OS/c1-15-8-6-7-13-25(15)20(27)14-28-22-24-17-10-3-2-9-16(17)21-23-18-11-4-5-12-19(18)26(21)22/h2-5,9-12,15H,6-8,13-14H2,1H3/t15-/m0/s1. The van der Waals surface area contributed by atoms with Crippen LogP contribution in [0.4, 0.5) is 0 Å². The smallest absolute Gasteiger partial charge is 0.233 e. The second kappa shape index (κ2) is 7.09. The number of carbonyl (C=O) groups excluding carboxylic acids is 1. The molecule has 1 aliphatic rings. The van der Waals surface area contributed by atoms with Gasteiger partial charge in [-0.1, -0.05) is 36.0 Å². The van der Waals surface area contributed by atoms with E-state index in [-0.39, 0.29) is 5.91 Å². The highest BCUT2D eigenvalue weighted by molar-refractivity contribution is 7.99. The number of imidazole rings is 1. The lowest BCUT2D eigenvalue weighted by Gasteiger charge is -2.33. The van der Waals surface area contributed by atoms with Gasteiger partial charge in [-0.15, -0.1) is 0 Å². The first-order chi connectivity index (χ1) is 13.7. The summed E-state index contributed by atoms with van der Waals surface area (Å²) in [5.41, 5.74) is 3.77. The Bertz CT molecular complexity index is 1190. The molecule has 0 aliphatic carbocycles. The number of amides is 1. The largest absolute Gasteiger partial charge is 0.339 e. The molecule has 1 saturated heterocycles. The number of likely N-dealkylation sites (tertiary alicyclic amines) is 1. The molecule has 1 aliphatic heterocycles. The molecule has 28 heavy (non-hydrogen) atoms. The van der Waals surface area contributed by atoms with Gasteiger partial charge >= 0.3 is 0 Å². The van der Waals surface area contributed by atoms with Crippen LogP contribution in [-0.4, -0.2) is 43.5 Å². The predicted octanol–water partition coefficient (Wildman–Crippen LogP) is 4.53. The normalized spacial score (nSPS) is 17.6. The molecular weight excluding hydrogens is 368 g/mol. The Kier molecular flexibility index (Phi) is 4.43. The molecule has 1 amide bonds. The number of carbonyl (C=O) groups is 1. The Morgan fingerprint density at radius 2 is 1.86 bits per heavy atom. The van der Waals surface area contributed by atoms with Crippen LogP contribution in [0.3, 0.4) is 0 Å². The van der Waals surface area contributed by atoms with E-state index < -0.39 is 0 Å². The van der Waals surface area contributed by atoms with Crippen molar-refractivity contribution in [3.8, 4) is 0 Å². The number of hydrogen-bond acceptors (Lipinski definition) is 4. The van der Waals surface area contributed by atoms with E-state index in [0.717, 1.165) is 52.1 Å². The first kappa shape index (κ1) is 17.5. The Hall–Kier alpha value is -2.60. The molecule has 0 bridgehead atoms. The Labute approximate surface area is 167 Å². The summed E-state index contributed by atoms with van der Waals surface area (Å²) in [4.78, 5) is 24.6. The summed E-state index contributed by atoms with van der Waals surface area (Å²) in [6.07, 6.45) is 3.42. The summed E-state index contributed by atoms with van der Waals surface area (Å²) in [6, 6.07) is 16.5. The molecule has 1 atom stereocenters. The van der Waals surface area contributed by atoms with Gasteiger partial charge in [-0.3, -0.25) is 9.20 Å². The highest BCUT2D eigenvalue weighted by Crippen LogP contribution is 2.29. The average molecular weight is 391 g/mol. The van der Waals surface area contributed by atoms with Gasteiger partial charge in [0.1, 0.15) is 5.65 Å². The van der Waals surface area contributed by atoms with E-state index in [1.165, 1.54) is 18.2 Å². The minimum atomic E-state index is 0.199. The fourth-order valence-electron chi connectivity index (χ4n) is 4.09. The van der Waals surface area contributed by atoms with Gasteiger partial charge in [0.2, 0.25) is 5.91 Å². The average Bonchev–Trinajstić information content (AvgIpc) is 3.12. The van der Waals surface area contributed by atoms with Gasteiger partial charge in [-0.25, -0.2) is 9.97 Å². The van der Waals surface area contributed by atoms with E-state index in [1.54, 1.807) is 0 Å². The maximum Gasteiger partial charge on any atom is 0.233 e. The van der Waals surface area contributed by atoms with E-state index in [2.05, 4.69) is 23.5 Å². The summed E-state index contributed by atoms with van der Waals surface area (Å²) in [7, 11) is 0. The van der Waals surface area contributed by atoms with E-state index in [9.17, 15) is 4.79 Å². The van der Waals surface area contributed by atoms with E-state index >= 15 is 0 Å². The number of piperidine rings is 1. The third-order valence-electron chi connectivity index (χ3n) is 5.56. The van der Waals surface area contributed by atoms with E-state index in [0.29, 0.717) is 11.8 Å². The molecule has 1 fully saturated rings. The van der Waals surface area contributed by atoms with Crippen molar-refractivity contribution in [2.45, 2.75) is 37.4 Å². The molecule has 0 spiro atoms. The molecule has 0 saturated carbocycles. The third-order valence-corrected chi connectivity index (χ3v) is 6.48. The van der Waals surface area contributed by atoms with Crippen LogP contribution < -0.4 is 0 Å². The number of aromatic nitrogens is 3. The van der Waals surface area contributed by atoms with Gasteiger partial charge in [0.05, 0.1) is 22.3 Å². The molecule has 0 unspecified atom stereocenters. The van der Waals surface area contributed by atoms with Crippen molar-refractivity contribution in [2.24, 2.45) is 0 Å². The highest BCUT2D eigenvalue weighted by atomic mass is 32.2. The lowest BCUT2D eigenvalue weighted by atomic mass is 10.0. The van der Waals surface area contributed by atoms with Crippen molar-refractivity contribution < 1.29 is 4.79 Å². The summed E-state index contributed by atoms with van der Waals surface area (Å²) in [6.45, 7) is 3.02. The first-order valence-corrected chi connectivity index (χ1v) is 10.8. The van der Waals surface area contributed by atoms with Crippen molar-refractivity contribution in [1.82, 2.24) is 19.3 Å². The quantitative estimate of drug-likeness (QED) is 0.381. The summed E-state index contributed by atoms with van der Waals surface area (Å²) in [5.74, 6) is 0.599. The van der Waals surface area contributed by atoms with Gasteiger partial charge in [0, 0.05) is 18.0 Å². The molecule has 142 valence electrons. The van der Waals surface area contributed by atoms with Crippen LogP contribution >= 0.6 is 11.8 Å². The number of thioether (sulfide) groups is 1. The predicted molar refractivity (Wildman–Crippen MR) is 114 cm³/mol. The molecule has 2 aromatic carbocycles. The minimum Gasteiger partial charge on any atom is -0.339 e. The molecule has 4 aromatic rings. The van der Waals surface area contributed by atoms with Crippen LogP contribution in [0.2, 0.25) is 0 Å². The second-order valence-corrected chi connectivity index (χ2v) is 8.33. The van der Waals surface area contributed by atoms with Gasteiger partial charge in [0.15, 0.2) is 5.16 Å². The summed E-state index contributed by atoms with van der Waals surface area (Å²) >= 11 is 1.51. The van der Waals surface area contributed by atoms with Gasteiger partial charge in [-0.05, 0) is 50.5 Å². The molecule has 0 N–H and O–H groups in total. The minimum absolute atomic E-state index is 0.199. The Balaban J connectivity index is 1.57.